The Morgan fingerprint density at radius 1 is 1.21 bits per heavy atom. The second-order valence-electron chi connectivity index (χ2n) is 7.19. The molecule has 0 spiro atoms. The van der Waals surface area contributed by atoms with E-state index in [0.717, 1.165) is 24.3 Å². The molecule has 1 unspecified atom stereocenters. The van der Waals surface area contributed by atoms with Crippen LogP contribution in [-0.4, -0.2) is 35.0 Å². The number of benzene rings is 1. The molecule has 3 rings (SSSR count). The van der Waals surface area contributed by atoms with E-state index in [4.69, 9.17) is 9.47 Å². The van der Waals surface area contributed by atoms with E-state index in [1.54, 1.807) is 6.92 Å². The topological polar surface area (TPSA) is 60.7 Å². The highest BCUT2D eigenvalue weighted by molar-refractivity contribution is 5.72. The first-order valence-corrected chi connectivity index (χ1v) is 10.1. The number of carboxylic acid groups (broad SMARTS) is 1. The number of aryl methyl sites for hydroxylation is 1. The fourth-order valence-electron chi connectivity index (χ4n) is 3.63. The van der Waals surface area contributed by atoms with E-state index >= 15 is 0 Å². The largest absolute Gasteiger partial charge is 0.492 e. The number of allylic oxidation sites excluding steroid dienone is 4. The maximum absolute atomic E-state index is 11.2. The zero-order valence-corrected chi connectivity index (χ0v) is 17.1. The minimum atomic E-state index is -0.937. The molecule has 1 N–H and O–H groups in total. The summed E-state index contributed by atoms with van der Waals surface area (Å²) in [6, 6.07) is 11.9. The number of hydrogen-bond donors (Lipinski definition) is 1. The van der Waals surface area contributed by atoms with Gasteiger partial charge in [0.2, 0.25) is 0 Å². The van der Waals surface area contributed by atoms with Crippen LogP contribution in [0.5, 0.6) is 5.75 Å². The van der Waals surface area contributed by atoms with Crippen LogP contribution < -0.4 is 4.74 Å². The van der Waals surface area contributed by atoms with Crippen LogP contribution in [-0.2, 0) is 22.5 Å². The van der Waals surface area contributed by atoms with Crippen LogP contribution in [0.1, 0.15) is 36.2 Å². The maximum Gasteiger partial charge on any atom is 0.333 e. The summed E-state index contributed by atoms with van der Waals surface area (Å²) in [7, 11) is 0. The monoisotopic (exact) mass is 395 g/mol. The molecule has 0 amide bonds. The molecule has 1 aliphatic carbocycles. The van der Waals surface area contributed by atoms with E-state index in [1.165, 1.54) is 11.4 Å². The second kappa shape index (κ2) is 10.1. The summed E-state index contributed by atoms with van der Waals surface area (Å²) in [6.07, 6.45) is 9.22. The number of carbonyl (C=O) groups is 1. The summed E-state index contributed by atoms with van der Waals surface area (Å²) in [5.41, 5.74) is 3.47. The molecule has 2 aromatic rings. The molecule has 1 aliphatic rings. The predicted octanol–water partition coefficient (Wildman–Crippen LogP) is 4.51. The lowest BCUT2D eigenvalue weighted by Crippen LogP contribution is -2.26. The lowest BCUT2D eigenvalue weighted by atomic mass is 9.97. The van der Waals surface area contributed by atoms with Crippen molar-refractivity contribution in [2.24, 2.45) is 0 Å². The fourth-order valence-corrected chi connectivity index (χ4v) is 3.63. The van der Waals surface area contributed by atoms with Crippen molar-refractivity contribution in [3.63, 3.8) is 0 Å². The SMILES string of the molecule is CCO[C@@H](Cc1ccc(OCCn2c(C)ccc2C2C=CC=CC2)cc1)C(=O)O. The highest BCUT2D eigenvalue weighted by Gasteiger charge is 2.18. The summed E-state index contributed by atoms with van der Waals surface area (Å²) < 4.78 is 13.5. The van der Waals surface area contributed by atoms with Gasteiger partial charge in [0.25, 0.3) is 0 Å². The molecule has 1 aromatic carbocycles. The maximum atomic E-state index is 11.2. The van der Waals surface area contributed by atoms with E-state index < -0.39 is 12.1 Å². The molecule has 0 radical (unpaired) electrons. The minimum absolute atomic E-state index is 0.346. The van der Waals surface area contributed by atoms with Gasteiger partial charge in [-0.1, -0.05) is 36.4 Å². The molecule has 154 valence electrons. The summed E-state index contributed by atoms with van der Waals surface area (Å²) in [5, 5.41) is 9.21. The Bertz CT molecular complexity index is 864. The normalized spacial score (nSPS) is 16.7. The Balaban J connectivity index is 1.55. The van der Waals surface area contributed by atoms with Gasteiger partial charge in [-0.2, -0.15) is 0 Å². The van der Waals surface area contributed by atoms with Crippen molar-refractivity contribution in [1.82, 2.24) is 4.57 Å². The molecule has 0 fully saturated rings. The smallest absolute Gasteiger partial charge is 0.333 e. The number of aliphatic carboxylic acids is 1. The Kier molecular flexibility index (Phi) is 7.30. The fraction of sp³-hybridized carbons (Fsp3) is 0.375. The van der Waals surface area contributed by atoms with E-state index in [1.807, 2.05) is 24.3 Å². The van der Waals surface area contributed by atoms with Crippen molar-refractivity contribution in [1.29, 1.82) is 0 Å². The van der Waals surface area contributed by atoms with Gasteiger partial charge in [0.15, 0.2) is 6.10 Å². The standard InChI is InChI=1S/C24H29NO4/c1-3-28-23(24(26)27)17-19-10-12-21(13-11-19)29-16-15-25-18(2)9-14-22(25)20-7-5-4-6-8-20/h4-7,9-14,20,23H,3,8,15-17H2,1-2H3,(H,26,27)/t20?,23-/m0/s1. The minimum Gasteiger partial charge on any atom is -0.492 e. The zero-order chi connectivity index (χ0) is 20.6. The third-order valence-corrected chi connectivity index (χ3v) is 5.16. The van der Waals surface area contributed by atoms with Crippen LogP contribution >= 0.6 is 0 Å². The number of rotatable bonds is 10. The van der Waals surface area contributed by atoms with Gasteiger partial charge in [-0.25, -0.2) is 4.79 Å². The van der Waals surface area contributed by atoms with E-state index in [2.05, 4.69) is 47.9 Å². The second-order valence-corrected chi connectivity index (χ2v) is 7.19. The third kappa shape index (κ3) is 5.61. The number of nitrogens with zero attached hydrogens (tertiary/aromatic N) is 1. The van der Waals surface area contributed by atoms with Crippen molar-refractivity contribution in [3.05, 3.63) is 77.7 Å². The first kappa shape index (κ1) is 20.9. The Labute approximate surface area is 172 Å². The molecule has 0 saturated carbocycles. The van der Waals surface area contributed by atoms with Crippen molar-refractivity contribution in [2.75, 3.05) is 13.2 Å². The van der Waals surface area contributed by atoms with E-state index in [0.29, 0.717) is 25.6 Å². The highest BCUT2D eigenvalue weighted by Crippen LogP contribution is 2.26. The molecule has 0 aliphatic heterocycles. The first-order valence-electron chi connectivity index (χ1n) is 10.1. The molecule has 5 heteroatoms. The van der Waals surface area contributed by atoms with Crippen LogP contribution in [0.15, 0.2) is 60.7 Å². The Hall–Kier alpha value is -2.79. The third-order valence-electron chi connectivity index (χ3n) is 5.16. The average molecular weight is 395 g/mol. The van der Waals surface area contributed by atoms with Crippen LogP contribution in [0.3, 0.4) is 0 Å². The first-order chi connectivity index (χ1) is 14.1. The van der Waals surface area contributed by atoms with Gasteiger partial charge in [0, 0.05) is 30.3 Å². The van der Waals surface area contributed by atoms with Crippen LogP contribution in [0.25, 0.3) is 0 Å². The van der Waals surface area contributed by atoms with Crippen molar-refractivity contribution < 1.29 is 19.4 Å². The van der Waals surface area contributed by atoms with Crippen molar-refractivity contribution >= 4 is 5.97 Å². The molecular formula is C24H29NO4. The van der Waals surface area contributed by atoms with Gasteiger partial charge in [0.05, 0.1) is 6.54 Å². The zero-order valence-electron chi connectivity index (χ0n) is 17.1. The number of carboxylic acids is 1. The van der Waals surface area contributed by atoms with Crippen molar-refractivity contribution in [3.8, 4) is 5.75 Å². The van der Waals surface area contributed by atoms with Crippen molar-refractivity contribution in [2.45, 2.75) is 45.3 Å². The van der Waals surface area contributed by atoms with Gasteiger partial charge >= 0.3 is 5.97 Å². The van der Waals surface area contributed by atoms with Gasteiger partial charge in [0.1, 0.15) is 12.4 Å². The molecule has 1 aromatic heterocycles. The number of ether oxygens (including phenoxy) is 2. The Morgan fingerprint density at radius 2 is 2.00 bits per heavy atom. The van der Waals surface area contributed by atoms with Gasteiger partial charge < -0.3 is 19.1 Å². The molecule has 0 bridgehead atoms. The lowest BCUT2D eigenvalue weighted by Gasteiger charge is -2.18. The summed E-state index contributed by atoms with van der Waals surface area (Å²) in [4.78, 5) is 11.2. The van der Waals surface area contributed by atoms with Gasteiger partial charge in [-0.05, 0) is 50.1 Å². The average Bonchev–Trinajstić information content (AvgIpc) is 3.10. The molecule has 1 heterocycles. The summed E-state index contributed by atoms with van der Waals surface area (Å²) in [6.45, 7) is 5.66. The number of aromatic nitrogens is 1. The van der Waals surface area contributed by atoms with Gasteiger partial charge in [-0.3, -0.25) is 0 Å². The molecule has 0 saturated heterocycles. The highest BCUT2D eigenvalue weighted by atomic mass is 16.5. The van der Waals surface area contributed by atoms with Crippen LogP contribution in [0.2, 0.25) is 0 Å². The predicted molar refractivity (Wildman–Crippen MR) is 113 cm³/mol. The molecule has 5 nitrogen and oxygen atoms in total. The summed E-state index contributed by atoms with van der Waals surface area (Å²) in [5.74, 6) is 0.262. The molecule has 2 atom stereocenters. The van der Waals surface area contributed by atoms with E-state index in [9.17, 15) is 9.90 Å². The van der Waals surface area contributed by atoms with Crippen LogP contribution in [0.4, 0.5) is 0 Å². The van der Waals surface area contributed by atoms with Crippen LogP contribution in [0, 0.1) is 6.92 Å². The quantitative estimate of drug-likeness (QED) is 0.643. The summed E-state index contributed by atoms with van der Waals surface area (Å²) >= 11 is 0. The van der Waals surface area contributed by atoms with E-state index in [-0.39, 0.29) is 0 Å². The van der Waals surface area contributed by atoms with Gasteiger partial charge in [-0.15, -0.1) is 0 Å². The molecule has 29 heavy (non-hydrogen) atoms. The molecular weight excluding hydrogens is 366 g/mol. The lowest BCUT2D eigenvalue weighted by molar-refractivity contribution is -0.149. The Morgan fingerprint density at radius 3 is 2.66 bits per heavy atom. The number of hydrogen-bond acceptors (Lipinski definition) is 3.